The molecule has 2 aromatic rings. The topological polar surface area (TPSA) is 150 Å². The zero-order chi connectivity index (χ0) is 27.0. The van der Waals surface area contributed by atoms with Crippen LogP contribution in [0.2, 0.25) is 0 Å². The third-order valence-corrected chi connectivity index (χ3v) is 7.08. The third-order valence-electron chi connectivity index (χ3n) is 5.47. The van der Waals surface area contributed by atoms with Gasteiger partial charge in [-0.25, -0.2) is 9.37 Å². The Labute approximate surface area is 215 Å². The van der Waals surface area contributed by atoms with Gasteiger partial charge in [0.25, 0.3) is 0 Å². The molecular weight excluding hydrogens is 512 g/mol. The molecule has 1 aliphatic rings. The fraction of sp³-hybridized carbons (Fsp3) is 0.714. The lowest BCUT2D eigenvalue weighted by atomic mass is 9.98. The van der Waals surface area contributed by atoms with Crippen LogP contribution in [0.4, 0.5) is 16.2 Å². The molecule has 12 nitrogen and oxygen atoms in total. The summed E-state index contributed by atoms with van der Waals surface area (Å²) in [5.41, 5.74) is 4.16. The van der Waals surface area contributed by atoms with Crippen molar-refractivity contribution in [1.29, 1.82) is 0 Å². The van der Waals surface area contributed by atoms with Gasteiger partial charge in [-0.15, -0.1) is 4.52 Å². The monoisotopic (exact) mass is 546 g/mol. The van der Waals surface area contributed by atoms with E-state index in [1.54, 1.807) is 25.9 Å². The second-order valence-corrected chi connectivity index (χ2v) is 12.3. The van der Waals surface area contributed by atoms with Gasteiger partial charge in [0.05, 0.1) is 12.9 Å². The maximum atomic E-state index is 15.7. The highest BCUT2D eigenvalue weighted by molar-refractivity contribution is 8.02. The van der Waals surface area contributed by atoms with Crippen LogP contribution in [0.1, 0.15) is 40.8 Å². The second-order valence-electron chi connectivity index (χ2n) is 10.3. The van der Waals surface area contributed by atoms with E-state index < -0.39 is 43.2 Å². The molecule has 4 N–H and O–H groups in total. The number of hydrogen-bond acceptors (Lipinski definition) is 11. The Hall–Kier alpha value is -2.09. The SMILES string of the molecule is C[C@H](N[P+](=S)OC[C@H]1O[C@@H](n2cnc3c(N(C)C)nc(N)nc32)[C@](C)(F)[C@@H]1O)C(=O)OCC(C)(C)C. The van der Waals surface area contributed by atoms with E-state index in [9.17, 15) is 9.90 Å². The number of ether oxygens (including phenoxy) is 2. The summed E-state index contributed by atoms with van der Waals surface area (Å²) in [4.78, 5) is 26.6. The molecule has 6 atom stereocenters. The van der Waals surface area contributed by atoms with Gasteiger partial charge < -0.3 is 25.2 Å². The minimum absolute atomic E-state index is 0.00934. The van der Waals surface area contributed by atoms with Crippen molar-refractivity contribution in [2.75, 3.05) is 37.9 Å². The lowest BCUT2D eigenvalue weighted by molar-refractivity contribution is -0.147. The molecule has 0 saturated carbocycles. The van der Waals surface area contributed by atoms with Crippen LogP contribution >= 0.6 is 7.07 Å². The van der Waals surface area contributed by atoms with Crippen molar-refractivity contribution in [3.8, 4) is 0 Å². The van der Waals surface area contributed by atoms with Crippen LogP contribution in [0.25, 0.3) is 11.2 Å². The second kappa shape index (κ2) is 10.7. The van der Waals surface area contributed by atoms with Gasteiger partial charge in [0.1, 0.15) is 24.9 Å². The van der Waals surface area contributed by atoms with Gasteiger partial charge in [0.15, 0.2) is 28.9 Å². The summed E-state index contributed by atoms with van der Waals surface area (Å²) in [5.74, 6) is 0.00267. The Balaban J connectivity index is 1.67. The quantitative estimate of drug-likeness (QED) is 0.311. The lowest BCUT2D eigenvalue weighted by Crippen LogP contribution is -2.40. The Morgan fingerprint density at radius 1 is 1.47 bits per heavy atom. The average molecular weight is 547 g/mol. The number of carbonyl (C=O) groups excluding carboxylic acids is 1. The third kappa shape index (κ3) is 6.24. The van der Waals surface area contributed by atoms with E-state index in [1.165, 1.54) is 17.8 Å². The largest absolute Gasteiger partial charge is 0.464 e. The number of aliphatic hydroxyl groups excluding tert-OH is 1. The van der Waals surface area contributed by atoms with E-state index >= 15 is 4.39 Å². The molecule has 3 rings (SSSR count). The summed E-state index contributed by atoms with van der Waals surface area (Å²) in [5, 5.41) is 13.5. The number of imidazole rings is 1. The number of hydrogen-bond donors (Lipinski definition) is 3. The molecule has 36 heavy (non-hydrogen) atoms. The number of nitrogen functional groups attached to an aromatic ring is 1. The van der Waals surface area contributed by atoms with Crippen LogP contribution in [0.3, 0.4) is 0 Å². The van der Waals surface area contributed by atoms with Crippen LogP contribution in [0.15, 0.2) is 6.33 Å². The van der Waals surface area contributed by atoms with Crippen LogP contribution in [0, 0.1) is 5.41 Å². The summed E-state index contributed by atoms with van der Waals surface area (Å²) in [6, 6.07) is -0.696. The first-order chi connectivity index (χ1) is 16.6. The molecule has 2 aromatic heterocycles. The van der Waals surface area contributed by atoms with Crippen LogP contribution in [0.5, 0.6) is 0 Å². The van der Waals surface area contributed by atoms with E-state index in [-0.39, 0.29) is 30.2 Å². The molecule has 0 aliphatic carbocycles. The molecule has 1 fully saturated rings. The number of fused-ring (bicyclic) bond motifs is 1. The number of esters is 1. The summed E-state index contributed by atoms with van der Waals surface area (Å²) >= 11 is 5.29. The number of rotatable bonds is 9. The highest BCUT2D eigenvalue weighted by Gasteiger charge is 2.56. The molecule has 3 heterocycles. The molecule has 0 spiro atoms. The number of nitrogens with two attached hydrogens (primary N) is 1. The fourth-order valence-corrected chi connectivity index (χ4v) is 4.99. The Kier molecular flexibility index (Phi) is 8.48. The zero-order valence-corrected chi connectivity index (χ0v) is 23.1. The highest BCUT2D eigenvalue weighted by atomic mass is 32.4. The molecule has 200 valence electrons. The summed E-state index contributed by atoms with van der Waals surface area (Å²) in [7, 11) is 1.84. The number of halogens is 1. The molecule has 0 bridgehead atoms. The van der Waals surface area contributed by atoms with Crippen molar-refractivity contribution in [2.45, 2.75) is 64.8 Å². The number of alkyl halides is 1. The van der Waals surface area contributed by atoms with Gasteiger partial charge >= 0.3 is 13.0 Å². The van der Waals surface area contributed by atoms with Gasteiger partial charge in [0, 0.05) is 14.1 Å². The number of nitrogens with zero attached hydrogens (tertiary/aromatic N) is 5. The van der Waals surface area contributed by atoms with E-state index in [0.29, 0.717) is 11.3 Å². The van der Waals surface area contributed by atoms with Crippen LogP contribution in [-0.4, -0.2) is 81.8 Å². The number of aromatic nitrogens is 4. The Bertz CT molecular complexity index is 1130. The molecule has 0 amide bonds. The van der Waals surface area contributed by atoms with Crippen molar-refractivity contribution < 1.29 is 28.3 Å². The molecule has 1 unspecified atom stereocenters. The zero-order valence-electron chi connectivity index (χ0n) is 21.4. The van der Waals surface area contributed by atoms with E-state index in [0.717, 1.165) is 0 Å². The maximum Gasteiger partial charge on any atom is 0.440 e. The molecule has 1 saturated heterocycles. The predicted molar refractivity (Wildman–Crippen MR) is 137 cm³/mol. The van der Waals surface area contributed by atoms with Gasteiger partial charge in [0.2, 0.25) is 17.8 Å². The van der Waals surface area contributed by atoms with Gasteiger partial charge in [-0.05, 0) is 19.3 Å². The first kappa shape index (κ1) is 28.5. The Morgan fingerprint density at radius 3 is 2.75 bits per heavy atom. The standard InChI is InChI=1S/C21H34FN7O5PS/c1-11(17(31)32-9-20(2,3)4)27-35(36)33-8-12-14(30)21(5,22)18(34-12)29-10-24-13-15(28(6)7)25-19(23)26-16(13)29/h10-12,14,18,30H,8-9H2,1-7H3,(H,27,36)(H2,23,25,26)/q+1/t11-,12+,14+,18+,21+/m0/s1. The Morgan fingerprint density at radius 2 is 2.14 bits per heavy atom. The van der Waals surface area contributed by atoms with E-state index in [2.05, 4.69) is 20.0 Å². The minimum Gasteiger partial charge on any atom is -0.464 e. The summed E-state index contributed by atoms with van der Waals surface area (Å²) in [6.45, 7) is 8.78. The van der Waals surface area contributed by atoms with Crippen molar-refractivity contribution in [3.63, 3.8) is 0 Å². The number of nitrogens with one attached hydrogen (secondary N) is 1. The first-order valence-corrected chi connectivity index (χ1v) is 13.6. The summed E-state index contributed by atoms with van der Waals surface area (Å²) in [6.07, 6.45) is -2.45. The number of aliphatic hydroxyl groups is 1. The molecule has 0 radical (unpaired) electrons. The highest BCUT2D eigenvalue weighted by Crippen LogP contribution is 2.43. The first-order valence-electron chi connectivity index (χ1n) is 11.3. The molecule has 1 aliphatic heterocycles. The number of carbonyl (C=O) groups is 1. The predicted octanol–water partition coefficient (Wildman–Crippen LogP) is 1.82. The van der Waals surface area contributed by atoms with Crippen LogP contribution < -0.4 is 15.7 Å². The molecule has 0 aromatic carbocycles. The van der Waals surface area contributed by atoms with Crippen molar-refractivity contribution in [1.82, 2.24) is 24.6 Å². The minimum atomic E-state index is -2.21. The normalized spacial score (nSPS) is 25.7. The van der Waals surface area contributed by atoms with Gasteiger partial charge in [-0.3, -0.25) is 9.36 Å². The lowest BCUT2D eigenvalue weighted by Gasteiger charge is -2.24. The fourth-order valence-electron chi connectivity index (χ4n) is 3.55. The van der Waals surface area contributed by atoms with Gasteiger partial charge in [-0.2, -0.15) is 9.97 Å². The van der Waals surface area contributed by atoms with E-state index in [4.69, 9.17) is 31.5 Å². The molecule has 15 heteroatoms. The summed E-state index contributed by atoms with van der Waals surface area (Å²) < 4.78 is 33.9. The van der Waals surface area contributed by atoms with Crippen molar-refractivity contribution in [2.24, 2.45) is 5.41 Å². The van der Waals surface area contributed by atoms with Crippen LogP contribution in [-0.2, 0) is 30.6 Å². The molecular formula is C21H34FN7O5PS+. The van der Waals surface area contributed by atoms with Gasteiger partial charge in [-0.1, -0.05) is 25.9 Å². The maximum absolute atomic E-state index is 15.7. The number of anilines is 2. The van der Waals surface area contributed by atoms with Crippen molar-refractivity contribution >= 4 is 47.8 Å². The van der Waals surface area contributed by atoms with Crippen molar-refractivity contribution in [3.05, 3.63) is 6.33 Å². The average Bonchev–Trinajstić information content (AvgIpc) is 3.27. The van der Waals surface area contributed by atoms with E-state index in [1.807, 2.05) is 20.8 Å². The smallest absolute Gasteiger partial charge is 0.440 e.